The van der Waals surface area contributed by atoms with Gasteiger partial charge in [0, 0.05) is 6.08 Å². The van der Waals surface area contributed by atoms with Gasteiger partial charge in [0.25, 0.3) is 5.91 Å². The highest BCUT2D eigenvalue weighted by atomic mass is 19.1. The summed E-state index contributed by atoms with van der Waals surface area (Å²) in [5.74, 6) is -3.50. The average Bonchev–Trinajstić information content (AvgIpc) is 2.35. The second-order valence-corrected chi connectivity index (χ2v) is 4.01. The van der Waals surface area contributed by atoms with Gasteiger partial charge in [0.2, 0.25) is 5.91 Å². The Hall–Kier alpha value is -2.70. The summed E-state index contributed by atoms with van der Waals surface area (Å²) in [7, 11) is 0. The summed E-state index contributed by atoms with van der Waals surface area (Å²) in [6, 6.07) is 2.67. The maximum absolute atomic E-state index is 13.7. The number of benzene rings is 1. The van der Waals surface area contributed by atoms with Gasteiger partial charge in [-0.15, -0.1) is 0 Å². The molecule has 1 atom stereocenters. The highest BCUT2D eigenvalue weighted by molar-refractivity contribution is 5.97. The molecule has 4 N–H and O–H groups in total. The van der Waals surface area contributed by atoms with E-state index < -0.39 is 29.6 Å². The van der Waals surface area contributed by atoms with Gasteiger partial charge in [0.15, 0.2) is 0 Å². The molecule has 0 bridgehead atoms. The van der Waals surface area contributed by atoms with Gasteiger partial charge in [-0.2, -0.15) is 0 Å². The van der Waals surface area contributed by atoms with E-state index in [0.29, 0.717) is 5.56 Å². The van der Waals surface area contributed by atoms with Crippen molar-refractivity contribution in [2.75, 3.05) is 0 Å². The normalized spacial score (nSPS) is 12.1. The summed E-state index contributed by atoms with van der Waals surface area (Å²) in [6.07, 6.45) is 2.04. The lowest BCUT2D eigenvalue weighted by Gasteiger charge is -2.10. The van der Waals surface area contributed by atoms with Crippen LogP contribution in [-0.2, 0) is 9.59 Å². The van der Waals surface area contributed by atoms with Crippen LogP contribution < -0.4 is 11.1 Å². The molecule has 106 valence electrons. The molecule has 0 aliphatic carbocycles. The highest BCUT2D eigenvalue weighted by Crippen LogP contribution is 2.12. The highest BCUT2D eigenvalue weighted by Gasteiger charge is 2.16. The summed E-state index contributed by atoms with van der Waals surface area (Å²) >= 11 is 0. The molecule has 0 radical (unpaired) electrons. The first-order chi connectivity index (χ1) is 9.31. The predicted molar refractivity (Wildman–Crippen MR) is 69.2 cm³/mol. The fourth-order valence-electron chi connectivity index (χ4n) is 1.33. The van der Waals surface area contributed by atoms with Gasteiger partial charge in [-0.1, -0.05) is 6.07 Å². The van der Waals surface area contributed by atoms with Crippen molar-refractivity contribution >= 4 is 23.9 Å². The van der Waals surface area contributed by atoms with Gasteiger partial charge < -0.3 is 16.2 Å². The van der Waals surface area contributed by atoms with Crippen LogP contribution in [-0.4, -0.2) is 28.9 Å². The first-order valence-corrected chi connectivity index (χ1v) is 5.62. The van der Waals surface area contributed by atoms with Crippen LogP contribution in [0.2, 0.25) is 0 Å². The molecule has 6 nitrogen and oxygen atoms in total. The second kappa shape index (κ2) is 6.46. The molecule has 1 rings (SSSR count). The maximum atomic E-state index is 13.7. The van der Waals surface area contributed by atoms with Crippen molar-refractivity contribution < 1.29 is 23.9 Å². The van der Waals surface area contributed by atoms with Crippen molar-refractivity contribution in [3.8, 4) is 0 Å². The van der Waals surface area contributed by atoms with Gasteiger partial charge in [0.05, 0.1) is 5.56 Å². The van der Waals surface area contributed by atoms with Crippen LogP contribution in [0.4, 0.5) is 4.39 Å². The van der Waals surface area contributed by atoms with Crippen molar-refractivity contribution in [1.82, 2.24) is 5.32 Å². The van der Waals surface area contributed by atoms with Gasteiger partial charge in [-0.25, -0.2) is 9.18 Å². The van der Waals surface area contributed by atoms with Gasteiger partial charge in [-0.3, -0.25) is 9.59 Å². The first kappa shape index (κ1) is 15.4. The Balaban J connectivity index is 2.90. The Morgan fingerprint density at radius 3 is 2.55 bits per heavy atom. The number of primary amides is 1. The molecule has 0 heterocycles. The van der Waals surface area contributed by atoms with Gasteiger partial charge >= 0.3 is 5.97 Å². The number of rotatable bonds is 5. The molecule has 0 spiro atoms. The van der Waals surface area contributed by atoms with Crippen LogP contribution >= 0.6 is 0 Å². The molecule has 0 aliphatic rings. The molecule has 2 amide bonds. The fraction of sp³-hybridized carbons (Fsp3) is 0.154. The van der Waals surface area contributed by atoms with E-state index in [4.69, 9.17) is 10.8 Å². The van der Waals surface area contributed by atoms with Crippen LogP contribution in [0, 0.1) is 5.82 Å². The lowest BCUT2D eigenvalue weighted by atomic mass is 10.1. The summed E-state index contributed by atoms with van der Waals surface area (Å²) < 4.78 is 13.7. The number of amides is 2. The fourth-order valence-corrected chi connectivity index (χ4v) is 1.33. The third-order valence-corrected chi connectivity index (χ3v) is 2.43. The van der Waals surface area contributed by atoms with E-state index in [1.807, 2.05) is 0 Å². The van der Waals surface area contributed by atoms with Crippen molar-refractivity contribution in [2.24, 2.45) is 5.73 Å². The standard InChI is InChI=1S/C13H13FN2O4/c1-7(12(15)19)16-13(20)9-4-2-8(6-10(9)14)3-5-11(17)18/h2-7H,1H3,(H2,15,19)(H,16,20)(H,17,18). The topological polar surface area (TPSA) is 109 Å². The largest absolute Gasteiger partial charge is 0.478 e. The lowest BCUT2D eigenvalue weighted by Crippen LogP contribution is -2.42. The van der Waals surface area contributed by atoms with E-state index in [-0.39, 0.29) is 5.56 Å². The molecule has 0 aromatic heterocycles. The van der Waals surface area contributed by atoms with Crippen LogP contribution in [0.3, 0.4) is 0 Å². The number of carbonyl (C=O) groups excluding carboxylic acids is 2. The smallest absolute Gasteiger partial charge is 0.328 e. The van der Waals surface area contributed by atoms with E-state index in [0.717, 1.165) is 12.1 Å². The van der Waals surface area contributed by atoms with Crippen molar-refractivity contribution in [2.45, 2.75) is 13.0 Å². The van der Waals surface area contributed by atoms with E-state index in [2.05, 4.69) is 5.32 Å². The zero-order valence-corrected chi connectivity index (χ0v) is 10.6. The minimum atomic E-state index is -1.16. The van der Waals surface area contributed by atoms with E-state index >= 15 is 0 Å². The molecule has 1 aromatic carbocycles. The third kappa shape index (κ3) is 4.20. The number of carboxylic acid groups (broad SMARTS) is 1. The Labute approximate surface area is 114 Å². The molecule has 0 aliphatic heterocycles. The summed E-state index contributed by atoms with van der Waals surface area (Å²) in [5.41, 5.74) is 5.02. The molecule has 0 saturated heterocycles. The molecule has 1 aromatic rings. The number of carboxylic acids is 1. The SMILES string of the molecule is CC(NC(=O)c1ccc(C=CC(=O)O)cc1F)C(N)=O. The Bertz CT molecular complexity index is 584. The van der Waals surface area contributed by atoms with E-state index in [1.165, 1.54) is 25.1 Å². The average molecular weight is 280 g/mol. The minimum Gasteiger partial charge on any atom is -0.478 e. The number of nitrogens with two attached hydrogens (primary N) is 1. The van der Waals surface area contributed by atoms with Crippen LogP contribution in [0.1, 0.15) is 22.8 Å². The lowest BCUT2D eigenvalue weighted by molar-refractivity contribution is -0.131. The summed E-state index contributed by atoms with van der Waals surface area (Å²) in [5, 5.41) is 10.7. The van der Waals surface area contributed by atoms with Crippen molar-refractivity contribution in [1.29, 1.82) is 0 Å². The molecule has 1 unspecified atom stereocenters. The zero-order valence-electron chi connectivity index (χ0n) is 10.6. The minimum absolute atomic E-state index is 0.259. The van der Waals surface area contributed by atoms with Crippen LogP contribution in [0.25, 0.3) is 6.08 Å². The zero-order chi connectivity index (χ0) is 15.3. The molecule has 20 heavy (non-hydrogen) atoms. The van der Waals surface area contributed by atoms with Crippen LogP contribution in [0.15, 0.2) is 24.3 Å². The predicted octanol–water partition coefficient (Wildman–Crippen LogP) is 0.527. The molecule has 0 fully saturated rings. The molecular formula is C13H13FN2O4. The second-order valence-electron chi connectivity index (χ2n) is 4.01. The number of halogens is 1. The van der Waals surface area contributed by atoms with E-state index in [1.54, 1.807) is 0 Å². The maximum Gasteiger partial charge on any atom is 0.328 e. The summed E-state index contributed by atoms with van der Waals surface area (Å²) in [6.45, 7) is 1.38. The Morgan fingerprint density at radius 2 is 2.05 bits per heavy atom. The number of hydrogen-bond donors (Lipinski definition) is 3. The number of hydrogen-bond acceptors (Lipinski definition) is 3. The monoisotopic (exact) mass is 280 g/mol. The Morgan fingerprint density at radius 1 is 1.40 bits per heavy atom. The third-order valence-electron chi connectivity index (χ3n) is 2.43. The van der Waals surface area contributed by atoms with Crippen molar-refractivity contribution in [3.63, 3.8) is 0 Å². The first-order valence-electron chi connectivity index (χ1n) is 5.62. The number of carbonyl (C=O) groups is 3. The summed E-state index contributed by atoms with van der Waals surface area (Å²) in [4.78, 5) is 32.8. The Kier molecular flexibility index (Phi) is 4.96. The van der Waals surface area contributed by atoms with Crippen LogP contribution in [0.5, 0.6) is 0 Å². The molecule has 0 saturated carbocycles. The van der Waals surface area contributed by atoms with Crippen molar-refractivity contribution in [3.05, 3.63) is 41.2 Å². The van der Waals surface area contributed by atoms with Gasteiger partial charge in [-0.05, 0) is 30.7 Å². The quantitative estimate of drug-likeness (QED) is 0.683. The van der Waals surface area contributed by atoms with Gasteiger partial charge in [0.1, 0.15) is 11.9 Å². The van der Waals surface area contributed by atoms with E-state index in [9.17, 15) is 18.8 Å². The molecule has 7 heteroatoms. The number of nitrogens with one attached hydrogen (secondary N) is 1. The molecular weight excluding hydrogens is 267 g/mol. The number of aliphatic carboxylic acids is 1.